The van der Waals surface area contributed by atoms with Gasteiger partial charge in [0.2, 0.25) is 0 Å². The van der Waals surface area contributed by atoms with E-state index in [1.807, 2.05) is 36.4 Å². The summed E-state index contributed by atoms with van der Waals surface area (Å²) in [6.07, 6.45) is 4.33. The van der Waals surface area contributed by atoms with Crippen LogP contribution in [0.5, 0.6) is 11.5 Å². The summed E-state index contributed by atoms with van der Waals surface area (Å²) in [5, 5.41) is 3.35. The molecule has 0 atom stereocenters. The number of hydrogen-bond donors (Lipinski definition) is 1. The maximum absolute atomic E-state index is 12.8. The molecule has 1 fully saturated rings. The lowest BCUT2D eigenvalue weighted by atomic mass is 10.1. The minimum atomic E-state index is -0.198. The zero-order valence-electron chi connectivity index (χ0n) is 18.0. The van der Waals surface area contributed by atoms with Crippen LogP contribution in [0.15, 0.2) is 71.0 Å². The number of rotatable bonds is 8. The lowest BCUT2D eigenvalue weighted by molar-refractivity contribution is -0.122. The van der Waals surface area contributed by atoms with Crippen LogP contribution < -0.4 is 14.8 Å². The first-order valence-corrected chi connectivity index (χ1v) is 10.7. The highest BCUT2D eigenvalue weighted by molar-refractivity contribution is 7.80. The third kappa shape index (κ3) is 4.84. The predicted molar refractivity (Wildman–Crippen MR) is 126 cm³/mol. The molecule has 0 aliphatic carbocycles. The van der Waals surface area contributed by atoms with Crippen molar-refractivity contribution in [1.82, 2.24) is 10.2 Å². The maximum Gasteiger partial charge on any atom is 0.276 e. The summed E-state index contributed by atoms with van der Waals surface area (Å²) in [7, 11) is 1.63. The number of nitrogens with one attached hydrogen (secondary N) is 1. The molecule has 6 nitrogen and oxygen atoms in total. The van der Waals surface area contributed by atoms with Gasteiger partial charge in [0.15, 0.2) is 5.11 Å². The van der Waals surface area contributed by atoms with E-state index in [9.17, 15) is 4.79 Å². The van der Waals surface area contributed by atoms with Crippen LogP contribution >= 0.6 is 12.2 Å². The minimum Gasteiger partial charge on any atom is -0.496 e. The van der Waals surface area contributed by atoms with E-state index in [1.54, 1.807) is 25.5 Å². The standard InChI is InChI=1S/C25H24N2O4S/c1-3-17-6-9-20(10-7-17)31-16-19-13-18(8-11-23(19)29-2)14-22-24(28)27(25(32)26-22)15-21-5-4-12-30-21/h4-14H,3,15-16H2,1-2H3,(H,26,32)/b22-14+. The molecule has 1 aliphatic rings. The number of amides is 1. The van der Waals surface area contributed by atoms with Gasteiger partial charge in [0, 0.05) is 5.56 Å². The van der Waals surface area contributed by atoms with E-state index in [-0.39, 0.29) is 12.5 Å². The van der Waals surface area contributed by atoms with Gasteiger partial charge in [0.1, 0.15) is 29.6 Å². The van der Waals surface area contributed by atoms with Crippen LogP contribution in [0.2, 0.25) is 0 Å². The van der Waals surface area contributed by atoms with Gasteiger partial charge in [0.05, 0.1) is 19.9 Å². The molecule has 2 heterocycles. The van der Waals surface area contributed by atoms with Crippen LogP contribution in [-0.2, 0) is 24.4 Å². The van der Waals surface area contributed by atoms with Crippen LogP contribution in [-0.4, -0.2) is 23.0 Å². The summed E-state index contributed by atoms with van der Waals surface area (Å²) in [4.78, 5) is 14.3. The SMILES string of the molecule is CCc1ccc(OCc2cc(/C=C3/NC(=S)N(Cc4ccco4)C3=O)ccc2OC)cc1. The quantitative estimate of drug-likeness (QED) is 0.399. The van der Waals surface area contributed by atoms with Gasteiger partial charge in [-0.05, 0) is 72.2 Å². The molecule has 32 heavy (non-hydrogen) atoms. The normalized spacial score (nSPS) is 14.7. The van der Waals surface area contributed by atoms with Gasteiger partial charge in [-0.2, -0.15) is 0 Å². The number of hydrogen-bond acceptors (Lipinski definition) is 5. The van der Waals surface area contributed by atoms with Crippen LogP contribution in [0.25, 0.3) is 6.08 Å². The average molecular weight is 449 g/mol. The van der Waals surface area contributed by atoms with Gasteiger partial charge in [-0.25, -0.2) is 0 Å². The highest BCUT2D eigenvalue weighted by Crippen LogP contribution is 2.25. The minimum absolute atomic E-state index is 0.198. The van der Waals surface area contributed by atoms with E-state index in [1.165, 1.54) is 10.5 Å². The topological polar surface area (TPSA) is 63.9 Å². The van der Waals surface area contributed by atoms with E-state index in [2.05, 4.69) is 24.4 Å². The van der Waals surface area contributed by atoms with Crippen molar-refractivity contribution in [2.75, 3.05) is 7.11 Å². The second kappa shape index (κ2) is 9.70. The zero-order chi connectivity index (χ0) is 22.5. The Hall–Kier alpha value is -3.58. The Labute approximate surface area is 192 Å². The van der Waals surface area contributed by atoms with Gasteiger partial charge >= 0.3 is 0 Å². The van der Waals surface area contributed by atoms with E-state index >= 15 is 0 Å². The van der Waals surface area contributed by atoms with Crippen LogP contribution in [0, 0.1) is 0 Å². The summed E-state index contributed by atoms with van der Waals surface area (Å²) in [5.41, 5.74) is 3.39. The Morgan fingerprint density at radius 2 is 1.97 bits per heavy atom. The van der Waals surface area contributed by atoms with Gasteiger partial charge in [-0.15, -0.1) is 0 Å². The molecule has 164 valence electrons. The summed E-state index contributed by atoms with van der Waals surface area (Å²) >= 11 is 5.33. The van der Waals surface area contributed by atoms with E-state index < -0.39 is 0 Å². The number of nitrogens with zero attached hydrogens (tertiary/aromatic N) is 1. The zero-order valence-corrected chi connectivity index (χ0v) is 18.8. The fourth-order valence-corrected chi connectivity index (χ4v) is 3.68. The van der Waals surface area contributed by atoms with Crippen molar-refractivity contribution < 1.29 is 18.7 Å². The first-order valence-electron chi connectivity index (χ1n) is 10.3. The molecule has 7 heteroatoms. The Morgan fingerprint density at radius 1 is 1.16 bits per heavy atom. The Balaban J connectivity index is 1.50. The molecule has 3 aromatic rings. The van der Waals surface area contributed by atoms with E-state index in [0.717, 1.165) is 29.0 Å². The Kier molecular flexibility index (Phi) is 6.56. The number of ether oxygens (including phenoxy) is 2. The van der Waals surface area contributed by atoms with Crippen molar-refractivity contribution in [2.45, 2.75) is 26.5 Å². The molecule has 0 bridgehead atoms. The van der Waals surface area contributed by atoms with Crippen molar-refractivity contribution in [3.63, 3.8) is 0 Å². The molecular weight excluding hydrogens is 424 g/mol. The number of carbonyl (C=O) groups is 1. The predicted octanol–water partition coefficient (Wildman–Crippen LogP) is 4.69. The molecule has 1 N–H and O–H groups in total. The van der Waals surface area contributed by atoms with E-state index in [4.69, 9.17) is 26.1 Å². The molecule has 0 unspecified atom stereocenters. The van der Waals surface area contributed by atoms with Crippen LogP contribution in [0.3, 0.4) is 0 Å². The lowest BCUT2D eigenvalue weighted by Gasteiger charge is -2.12. The van der Waals surface area contributed by atoms with E-state index in [0.29, 0.717) is 23.2 Å². The third-order valence-corrected chi connectivity index (χ3v) is 5.52. The van der Waals surface area contributed by atoms with Gasteiger partial charge in [0.25, 0.3) is 5.91 Å². The highest BCUT2D eigenvalue weighted by Gasteiger charge is 2.31. The third-order valence-electron chi connectivity index (χ3n) is 5.20. The largest absolute Gasteiger partial charge is 0.496 e. The molecule has 1 aliphatic heterocycles. The van der Waals surface area contributed by atoms with Crippen LogP contribution in [0.4, 0.5) is 0 Å². The molecular formula is C25H24N2O4S. The molecule has 1 aromatic heterocycles. The molecule has 0 spiro atoms. The summed E-state index contributed by atoms with van der Waals surface area (Å²) < 4.78 is 16.8. The lowest BCUT2D eigenvalue weighted by Crippen LogP contribution is -2.29. The number of methoxy groups -OCH3 is 1. The van der Waals surface area contributed by atoms with Gasteiger partial charge in [-0.1, -0.05) is 25.1 Å². The number of thiocarbonyl (C=S) groups is 1. The number of aryl methyl sites for hydroxylation is 1. The number of furan rings is 1. The van der Waals surface area contributed by atoms with Crippen molar-refractivity contribution >= 4 is 29.3 Å². The van der Waals surface area contributed by atoms with Crippen LogP contribution in [0.1, 0.15) is 29.4 Å². The van der Waals surface area contributed by atoms with Gasteiger partial charge in [-0.3, -0.25) is 9.69 Å². The number of carbonyl (C=O) groups excluding carboxylic acids is 1. The fourth-order valence-electron chi connectivity index (χ4n) is 3.42. The van der Waals surface area contributed by atoms with Crippen molar-refractivity contribution in [3.8, 4) is 11.5 Å². The first kappa shape index (κ1) is 21.6. The molecule has 2 aromatic carbocycles. The molecule has 0 radical (unpaired) electrons. The molecule has 4 rings (SSSR count). The van der Waals surface area contributed by atoms with Gasteiger partial charge < -0.3 is 19.2 Å². The van der Waals surface area contributed by atoms with Crippen molar-refractivity contribution in [2.24, 2.45) is 0 Å². The highest BCUT2D eigenvalue weighted by atomic mass is 32.1. The van der Waals surface area contributed by atoms with Crippen molar-refractivity contribution in [1.29, 1.82) is 0 Å². The number of benzene rings is 2. The Morgan fingerprint density at radius 3 is 2.66 bits per heavy atom. The summed E-state index contributed by atoms with van der Waals surface area (Å²) in [5.74, 6) is 1.98. The Bertz CT molecular complexity index is 1140. The first-order chi connectivity index (χ1) is 15.6. The summed E-state index contributed by atoms with van der Waals surface area (Å²) in [6, 6.07) is 17.3. The maximum atomic E-state index is 12.8. The summed E-state index contributed by atoms with van der Waals surface area (Å²) in [6.45, 7) is 2.75. The van der Waals surface area contributed by atoms with Crippen molar-refractivity contribution in [3.05, 3.63) is 89.0 Å². The monoisotopic (exact) mass is 448 g/mol. The second-order valence-electron chi connectivity index (χ2n) is 7.32. The molecule has 0 saturated carbocycles. The molecule has 1 amide bonds. The smallest absolute Gasteiger partial charge is 0.276 e. The molecule has 1 saturated heterocycles. The fraction of sp³-hybridized carbons (Fsp3) is 0.200. The average Bonchev–Trinajstić information content (AvgIpc) is 3.42. The second-order valence-corrected chi connectivity index (χ2v) is 7.70.